The molecule has 2 N–H and O–H groups in total. The molecule has 0 atom stereocenters. The monoisotopic (exact) mass is 315 g/mol. The molecule has 3 rings (SSSR count). The third kappa shape index (κ3) is 2.89. The first-order valence-corrected chi connectivity index (χ1v) is 6.84. The molecule has 1 amide bonds. The molecule has 118 valence electrons. The van der Waals surface area contributed by atoms with Gasteiger partial charge in [-0.3, -0.25) is 4.79 Å². The number of nitrogens with one attached hydrogen (secondary N) is 2. The van der Waals surface area contributed by atoms with Gasteiger partial charge in [0.25, 0.3) is 11.6 Å². The van der Waals surface area contributed by atoms with E-state index in [0.717, 1.165) is 0 Å². The van der Waals surface area contributed by atoms with E-state index in [1.54, 1.807) is 19.9 Å². The molecule has 0 aliphatic carbocycles. The van der Waals surface area contributed by atoms with Crippen LogP contribution in [0.25, 0.3) is 11.1 Å². The molecule has 0 saturated heterocycles. The number of amides is 1. The van der Waals surface area contributed by atoms with Crippen LogP contribution in [-0.4, -0.2) is 38.6 Å². The first kappa shape index (κ1) is 14.7. The number of ether oxygens (including phenoxy) is 1. The highest BCUT2D eigenvalue weighted by Crippen LogP contribution is 2.17. The number of H-pyrrole nitrogens is 1. The zero-order valence-electron chi connectivity index (χ0n) is 12.4. The van der Waals surface area contributed by atoms with Crippen LogP contribution in [0.5, 0.6) is 0 Å². The van der Waals surface area contributed by atoms with E-state index in [1.807, 2.05) is 0 Å². The van der Waals surface area contributed by atoms with E-state index in [-0.39, 0.29) is 18.2 Å². The van der Waals surface area contributed by atoms with E-state index < -0.39 is 11.9 Å². The maximum absolute atomic E-state index is 12.2. The van der Waals surface area contributed by atoms with Crippen LogP contribution in [0.15, 0.2) is 23.0 Å². The smallest absolute Gasteiger partial charge is 0.374 e. The molecule has 0 saturated carbocycles. The van der Waals surface area contributed by atoms with Gasteiger partial charge in [0.15, 0.2) is 0 Å². The number of hydrogen-bond acceptors (Lipinski definition) is 7. The van der Waals surface area contributed by atoms with Gasteiger partial charge in [-0.15, -0.1) is 0 Å². The van der Waals surface area contributed by atoms with E-state index in [9.17, 15) is 9.59 Å². The van der Waals surface area contributed by atoms with Gasteiger partial charge < -0.3 is 19.6 Å². The summed E-state index contributed by atoms with van der Waals surface area (Å²) in [5.41, 5.74) is 1.34. The van der Waals surface area contributed by atoms with Gasteiger partial charge in [0.05, 0.1) is 29.4 Å². The Morgan fingerprint density at radius 3 is 2.96 bits per heavy atom. The Morgan fingerprint density at radius 2 is 2.17 bits per heavy atom. The van der Waals surface area contributed by atoms with Gasteiger partial charge in [-0.25, -0.2) is 14.8 Å². The summed E-state index contributed by atoms with van der Waals surface area (Å²) in [6.45, 7) is 3.69. The number of nitrogens with zero attached hydrogens (tertiary/aromatic N) is 3. The van der Waals surface area contributed by atoms with E-state index >= 15 is 0 Å². The zero-order chi connectivity index (χ0) is 16.4. The van der Waals surface area contributed by atoms with Gasteiger partial charge in [0, 0.05) is 6.20 Å². The Kier molecular flexibility index (Phi) is 3.75. The average molecular weight is 315 g/mol. The van der Waals surface area contributed by atoms with E-state index in [4.69, 9.17) is 9.26 Å². The van der Waals surface area contributed by atoms with Crippen LogP contribution in [-0.2, 0) is 4.74 Å². The maximum atomic E-state index is 12.2. The number of fused-ring (bicyclic) bond motifs is 1. The highest BCUT2D eigenvalue weighted by atomic mass is 16.5. The predicted molar refractivity (Wildman–Crippen MR) is 79.0 cm³/mol. The van der Waals surface area contributed by atoms with E-state index in [1.165, 1.54) is 12.4 Å². The zero-order valence-corrected chi connectivity index (χ0v) is 12.4. The SMILES string of the molecule is CCOC(=O)c1ncc(NC(=O)c2cnc3onc(C)c3c2)[nH]1. The van der Waals surface area contributed by atoms with Crippen molar-refractivity contribution in [2.75, 3.05) is 11.9 Å². The summed E-state index contributed by atoms with van der Waals surface area (Å²) in [4.78, 5) is 34.3. The highest BCUT2D eigenvalue weighted by Gasteiger charge is 2.15. The van der Waals surface area contributed by atoms with Crippen LogP contribution in [0.1, 0.15) is 33.6 Å². The molecule has 0 spiro atoms. The summed E-state index contributed by atoms with van der Waals surface area (Å²) < 4.78 is 9.80. The number of aromatic nitrogens is 4. The maximum Gasteiger partial charge on any atom is 0.374 e. The second-order valence-corrected chi connectivity index (χ2v) is 4.66. The molecule has 3 heterocycles. The summed E-state index contributed by atoms with van der Waals surface area (Å²) in [6, 6.07) is 1.63. The molecule has 0 aliphatic heterocycles. The molecule has 0 bridgehead atoms. The second kappa shape index (κ2) is 5.87. The van der Waals surface area contributed by atoms with E-state index in [2.05, 4.69) is 25.4 Å². The van der Waals surface area contributed by atoms with Gasteiger partial charge in [-0.1, -0.05) is 5.16 Å². The fraction of sp³-hybridized carbons (Fsp3) is 0.214. The molecule has 0 fully saturated rings. The summed E-state index contributed by atoms with van der Waals surface area (Å²) in [5, 5.41) is 7.04. The first-order chi connectivity index (χ1) is 11.1. The van der Waals surface area contributed by atoms with Crippen molar-refractivity contribution in [2.24, 2.45) is 0 Å². The van der Waals surface area contributed by atoms with Crippen molar-refractivity contribution < 1.29 is 18.8 Å². The van der Waals surface area contributed by atoms with Crippen molar-refractivity contribution in [3.63, 3.8) is 0 Å². The summed E-state index contributed by atoms with van der Waals surface area (Å²) in [5.74, 6) is -0.693. The molecule has 0 radical (unpaired) electrons. The summed E-state index contributed by atoms with van der Waals surface area (Å²) in [7, 11) is 0. The van der Waals surface area contributed by atoms with Crippen molar-refractivity contribution in [3.8, 4) is 0 Å². The fourth-order valence-corrected chi connectivity index (χ4v) is 1.95. The van der Waals surface area contributed by atoms with Crippen molar-refractivity contribution >= 4 is 28.8 Å². The Labute approximate surface area is 130 Å². The molecule has 9 nitrogen and oxygen atoms in total. The van der Waals surface area contributed by atoms with Gasteiger partial charge >= 0.3 is 5.97 Å². The largest absolute Gasteiger partial charge is 0.460 e. The average Bonchev–Trinajstić information content (AvgIpc) is 3.15. The fourth-order valence-electron chi connectivity index (χ4n) is 1.95. The van der Waals surface area contributed by atoms with Crippen LogP contribution < -0.4 is 5.32 Å². The first-order valence-electron chi connectivity index (χ1n) is 6.84. The third-order valence-corrected chi connectivity index (χ3v) is 3.06. The number of aromatic amines is 1. The molecule has 3 aromatic heterocycles. The number of rotatable bonds is 4. The lowest BCUT2D eigenvalue weighted by atomic mass is 10.2. The van der Waals surface area contributed by atoms with Crippen molar-refractivity contribution in [1.82, 2.24) is 20.1 Å². The minimum absolute atomic E-state index is 0.0191. The number of anilines is 1. The van der Waals surface area contributed by atoms with Crippen LogP contribution in [0.3, 0.4) is 0 Å². The third-order valence-electron chi connectivity index (χ3n) is 3.06. The van der Waals surface area contributed by atoms with Crippen LogP contribution in [0, 0.1) is 6.92 Å². The number of hydrogen-bond donors (Lipinski definition) is 2. The normalized spacial score (nSPS) is 10.7. The minimum Gasteiger partial charge on any atom is -0.460 e. The lowest BCUT2D eigenvalue weighted by Crippen LogP contribution is -2.13. The molecule has 9 heteroatoms. The lowest BCUT2D eigenvalue weighted by molar-refractivity contribution is 0.0513. The molecule has 0 aromatic carbocycles. The standard InChI is InChI=1S/C14H13N5O4/c1-3-22-14(21)11-15-6-10(17-11)18-12(20)8-4-9-7(2)19-23-13(9)16-5-8/h4-6H,3H2,1-2H3,(H,15,17)(H,18,20). The molecular formula is C14H13N5O4. The Balaban J connectivity index is 1.77. The highest BCUT2D eigenvalue weighted by molar-refractivity contribution is 6.05. The van der Waals surface area contributed by atoms with Gasteiger partial charge in [-0.2, -0.15) is 0 Å². The Morgan fingerprint density at radius 1 is 1.35 bits per heavy atom. The van der Waals surface area contributed by atoms with Gasteiger partial charge in [0.2, 0.25) is 5.82 Å². The summed E-state index contributed by atoms with van der Waals surface area (Å²) >= 11 is 0. The molecule has 0 unspecified atom stereocenters. The number of imidazole rings is 1. The predicted octanol–water partition coefficient (Wildman–Crippen LogP) is 1.68. The number of pyridine rings is 1. The van der Waals surface area contributed by atoms with E-state index in [0.29, 0.717) is 22.4 Å². The lowest BCUT2D eigenvalue weighted by Gasteiger charge is -2.02. The summed E-state index contributed by atoms with van der Waals surface area (Å²) in [6.07, 6.45) is 2.71. The number of esters is 1. The van der Waals surface area contributed by atoms with Crippen LogP contribution >= 0.6 is 0 Å². The molecular weight excluding hydrogens is 302 g/mol. The van der Waals surface area contributed by atoms with Crippen molar-refractivity contribution in [1.29, 1.82) is 0 Å². The quantitative estimate of drug-likeness (QED) is 0.702. The minimum atomic E-state index is -0.587. The number of carbonyl (C=O) groups excluding carboxylic acids is 2. The second-order valence-electron chi connectivity index (χ2n) is 4.66. The van der Waals surface area contributed by atoms with Gasteiger partial charge in [0.1, 0.15) is 5.82 Å². The molecule has 23 heavy (non-hydrogen) atoms. The number of aryl methyl sites for hydroxylation is 1. The van der Waals surface area contributed by atoms with Crippen molar-refractivity contribution in [2.45, 2.75) is 13.8 Å². The molecule has 0 aliphatic rings. The van der Waals surface area contributed by atoms with Crippen molar-refractivity contribution in [3.05, 3.63) is 35.5 Å². The Bertz CT molecular complexity index is 882. The number of carbonyl (C=O) groups is 2. The van der Waals surface area contributed by atoms with Crippen LogP contribution in [0.4, 0.5) is 5.82 Å². The molecule has 3 aromatic rings. The Hall–Kier alpha value is -3.23. The van der Waals surface area contributed by atoms with Crippen LogP contribution in [0.2, 0.25) is 0 Å². The topological polar surface area (TPSA) is 123 Å². The van der Waals surface area contributed by atoms with Gasteiger partial charge in [-0.05, 0) is 19.9 Å².